The van der Waals surface area contributed by atoms with Gasteiger partial charge in [0.25, 0.3) is 0 Å². The van der Waals surface area contributed by atoms with Gasteiger partial charge in [-0.15, -0.1) is 0 Å². The lowest BCUT2D eigenvalue weighted by atomic mass is 9.33. The molecular weight excluding hydrogens is 913 g/mol. The van der Waals surface area contributed by atoms with Crippen LogP contribution in [-0.4, -0.2) is 202 Å². The summed E-state index contributed by atoms with van der Waals surface area (Å²) >= 11 is 0. The van der Waals surface area contributed by atoms with Crippen molar-refractivity contribution in [2.24, 2.45) is 50.2 Å². The van der Waals surface area contributed by atoms with Gasteiger partial charge in [-0.3, -0.25) is 9.59 Å². The molecule has 0 spiro atoms. The number of aliphatic carboxylic acids is 1. The van der Waals surface area contributed by atoms with Crippen LogP contribution in [0.2, 0.25) is 0 Å². The Hall–Kier alpha value is -2.00. The lowest BCUT2D eigenvalue weighted by molar-refractivity contribution is -0.340. The van der Waals surface area contributed by atoms with E-state index in [2.05, 4.69) is 33.8 Å². The lowest BCUT2D eigenvalue weighted by Gasteiger charge is -2.71. The average molecular weight is 989 g/mol. The number of fused-ring (bicyclic) bond motifs is 7. The van der Waals surface area contributed by atoms with Gasteiger partial charge in [0.1, 0.15) is 79.4 Å². The highest BCUT2D eigenvalue weighted by molar-refractivity contribution is 5.79. The van der Waals surface area contributed by atoms with Gasteiger partial charge >= 0.3 is 11.9 Å². The molecule has 0 radical (unpaired) electrons. The molecule has 3 heterocycles. The number of aliphatic hydroxyl groups is 12. The lowest BCUT2D eigenvalue weighted by Crippen LogP contribution is -2.70. The fraction of sp³-hybridized carbons (Fsp3) is 0.917. The predicted molar refractivity (Wildman–Crippen MR) is 234 cm³/mol. The van der Waals surface area contributed by atoms with Crippen molar-refractivity contribution in [3.63, 3.8) is 0 Å². The van der Waals surface area contributed by atoms with Gasteiger partial charge in [0.05, 0.1) is 36.8 Å². The van der Waals surface area contributed by atoms with Crippen LogP contribution in [0.3, 0.4) is 0 Å². The summed E-state index contributed by atoms with van der Waals surface area (Å²) in [7, 11) is 0. The third-order valence-corrected chi connectivity index (χ3v) is 19.4. The molecule has 4 saturated carbocycles. The van der Waals surface area contributed by atoms with Gasteiger partial charge in [-0.2, -0.15) is 0 Å². The quantitative estimate of drug-likeness (QED) is 0.0651. The number of carbonyl (C=O) groups is 2. The van der Waals surface area contributed by atoms with Gasteiger partial charge in [-0.1, -0.05) is 46.3 Å². The monoisotopic (exact) mass is 988 g/mol. The van der Waals surface area contributed by atoms with Crippen molar-refractivity contribution < 1.29 is 104 Å². The van der Waals surface area contributed by atoms with E-state index >= 15 is 0 Å². The van der Waals surface area contributed by atoms with E-state index in [0.717, 1.165) is 5.57 Å². The van der Waals surface area contributed by atoms with Crippen LogP contribution < -0.4 is 0 Å². The molecule has 0 aromatic heterocycles. The summed E-state index contributed by atoms with van der Waals surface area (Å²) in [5.41, 5.74) is -3.69. The molecule has 0 unspecified atom stereocenters. The molecule has 25 atom stereocenters. The number of carbonyl (C=O) groups excluding carboxylic acids is 1. The summed E-state index contributed by atoms with van der Waals surface area (Å²) in [5.74, 6) is -2.91. The number of allylic oxidation sites excluding steroid dienone is 2. The molecule has 21 nitrogen and oxygen atoms in total. The van der Waals surface area contributed by atoms with Crippen LogP contribution >= 0.6 is 0 Å². The van der Waals surface area contributed by atoms with Gasteiger partial charge < -0.3 is 94.8 Å². The first kappa shape index (κ1) is 53.3. The Morgan fingerprint density at radius 3 is 1.77 bits per heavy atom. The average Bonchev–Trinajstić information content (AvgIpc) is 3.29. The Morgan fingerprint density at radius 2 is 1.17 bits per heavy atom. The highest BCUT2D eigenvalue weighted by atomic mass is 16.7. The van der Waals surface area contributed by atoms with Gasteiger partial charge in [-0.25, -0.2) is 0 Å². The first-order valence-corrected chi connectivity index (χ1v) is 24.6. The van der Waals surface area contributed by atoms with Crippen LogP contribution in [0.4, 0.5) is 0 Å². The van der Waals surface area contributed by atoms with Crippen LogP contribution in [0, 0.1) is 50.2 Å². The van der Waals surface area contributed by atoms with Crippen LogP contribution in [0.15, 0.2) is 11.6 Å². The van der Waals surface area contributed by atoms with Gasteiger partial charge in [0.2, 0.25) is 6.29 Å². The molecule has 8 aliphatic rings. The maximum Gasteiger partial charge on any atom is 0.315 e. The predicted octanol–water partition coefficient (Wildman–Crippen LogP) is -1.82. The zero-order valence-electron chi connectivity index (χ0n) is 40.2. The molecule has 13 N–H and O–H groups in total. The van der Waals surface area contributed by atoms with Gasteiger partial charge in [0.15, 0.2) is 12.6 Å². The van der Waals surface area contributed by atoms with E-state index in [1.165, 1.54) is 6.92 Å². The van der Waals surface area contributed by atoms with Crippen LogP contribution in [-0.2, 0) is 38.0 Å². The molecule has 394 valence electrons. The van der Waals surface area contributed by atoms with Gasteiger partial charge in [0, 0.05) is 0 Å². The molecule has 0 aromatic rings. The zero-order valence-corrected chi connectivity index (χ0v) is 40.2. The van der Waals surface area contributed by atoms with Crippen molar-refractivity contribution in [2.75, 3.05) is 19.8 Å². The molecule has 69 heavy (non-hydrogen) atoms. The summed E-state index contributed by atoms with van der Waals surface area (Å²) in [6.07, 6.45) is -21.2. The summed E-state index contributed by atoms with van der Waals surface area (Å²) in [5, 5.41) is 138. The SMILES string of the molecule is CC1(C)CC[C@]2(C(=O)O[C@H]3O[C@@H](CO[C@H]4O[C@@H](CO)[C@H](O)[C@@H](O)[C@@H]4O)[C@H](O)[C@@H](O)[C@@H]3O)CC[C@]3(C)C(=CC[C@H]4[C@]5(C)C[C@H](O)[C@@H](O[C@H]6O[C@@H](CO)[C@H](O)[C@@H](O)[C@@H]6O)[C@](C)(C(=O)O)[C@H]5CC[C@@]43C)[C@H]2C1. The van der Waals surface area contributed by atoms with E-state index in [9.17, 15) is 76.0 Å². The number of esters is 1. The minimum atomic E-state index is -1.87. The molecule has 0 aromatic carbocycles. The maximum atomic E-state index is 15.0. The number of hydrogen-bond donors (Lipinski definition) is 13. The second-order valence-electron chi connectivity index (χ2n) is 23.4. The first-order chi connectivity index (χ1) is 32.2. The van der Waals surface area contributed by atoms with E-state index in [0.29, 0.717) is 51.4 Å². The third-order valence-electron chi connectivity index (χ3n) is 19.4. The molecule has 8 rings (SSSR count). The molecule has 0 bridgehead atoms. The van der Waals surface area contributed by atoms with E-state index in [-0.39, 0.29) is 23.7 Å². The van der Waals surface area contributed by atoms with Crippen LogP contribution in [0.25, 0.3) is 0 Å². The summed E-state index contributed by atoms with van der Waals surface area (Å²) in [4.78, 5) is 28.6. The van der Waals surface area contributed by atoms with Crippen molar-refractivity contribution in [3.8, 4) is 0 Å². The number of rotatable bonds is 10. The van der Waals surface area contributed by atoms with Crippen molar-refractivity contribution in [1.82, 2.24) is 0 Å². The number of carboxylic acids is 1. The summed E-state index contributed by atoms with van der Waals surface area (Å²) in [6.45, 7) is 10.3. The number of carboxylic acid groups (broad SMARTS) is 1. The number of aliphatic hydroxyl groups excluding tert-OH is 12. The van der Waals surface area contributed by atoms with E-state index in [4.69, 9.17) is 28.4 Å². The van der Waals surface area contributed by atoms with E-state index < -0.39 is 169 Å². The van der Waals surface area contributed by atoms with Crippen LogP contribution in [0.5, 0.6) is 0 Å². The molecule has 21 heteroatoms. The van der Waals surface area contributed by atoms with E-state index in [1.54, 1.807) is 0 Å². The maximum absolute atomic E-state index is 15.0. The fourth-order valence-corrected chi connectivity index (χ4v) is 15.0. The number of ether oxygens (including phenoxy) is 6. The highest BCUT2D eigenvalue weighted by Gasteiger charge is 2.73. The van der Waals surface area contributed by atoms with E-state index in [1.807, 2.05) is 6.92 Å². The Labute approximate surface area is 400 Å². The zero-order chi connectivity index (χ0) is 50.7. The Kier molecular flexibility index (Phi) is 14.5. The van der Waals surface area contributed by atoms with Gasteiger partial charge in [-0.05, 0) is 104 Å². The standard InChI is InChI=1S/C48H76O21/c1-43(2)11-13-48(42(63)69-40-36(60)33(57)30(54)25(67-40)19-64-38-34(58)31(55)28(52)23(17-49)65-38)14-12-45(4)20(21(48)15-43)7-8-26-44(3)16-22(51)37(47(6,41(61)62)27(44)9-10-46(26,45)5)68-39-35(59)32(56)29(53)24(18-50)66-39/h7,21-40,49-60H,8-19H2,1-6H3,(H,61,62)/t21-,22+,23+,24+,25+,26+,27+,28+,29+,30+,31-,32-,33-,34+,35+,36+,37-,38+,39-,40-,44+,45-,46+,47-,48+/m1/s1. The molecule has 3 saturated heterocycles. The molecule has 0 amide bonds. The molecule has 3 aliphatic heterocycles. The minimum Gasteiger partial charge on any atom is -0.481 e. The normalized spacial score (nSPS) is 53.9. The molecule has 7 fully saturated rings. The van der Waals surface area contributed by atoms with Crippen molar-refractivity contribution in [1.29, 1.82) is 0 Å². The highest BCUT2D eigenvalue weighted by Crippen LogP contribution is 2.76. The Bertz CT molecular complexity index is 1930. The fourth-order valence-electron chi connectivity index (χ4n) is 15.0. The van der Waals surface area contributed by atoms with Crippen molar-refractivity contribution >= 4 is 11.9 Å². The van der Waals surface area contributed by atoms with Crippen molar-refractivity contribution in [3.05, 3.63) is 11.6 Å². The largest absolute Gasteiger partial charge is 0.481 e. The summed E-state index contributed by atoms with van der Waals surface area (Å²) in [6, 6.07) is 0. The number of hydrogen-bond acceptors (Lipinski definition) is 20. The molecule has 5 aliphatic carbocycles. The second-order valence-corrected chi connectivity index (χ2v) is 23.4. The van der Waals surface area contributed by atoms with Crippen molar-refractivity contribution in [2.45, 2.75) is 204 Å². The Morgan fingerprint density at radius 1 is 0.638 bits per heavy atom. The second kappa shape index (κ2) is 18.7. The molecular formula is C48H76O21. The first-order valence-electron chi connectivity index (χ1n) is 24.6. The smallest absolute Gasteiger partial charge is 0.315 e. The summed E-state index contributed by atoms with van der Waals surface area (Å²) < 4.78 is 34.8. The van der Waals surface area contributed by atoms with Crippen LogP contribution in [0.1, 0.15) is 99.3 Å². The third kappa shape index (κ3) is 8.25. The minimum absolute atomic E-state index is 0.133. The Balaban J connectivity index is 1.05. The topological polar surface area (TPSA) is 353 Å².